The minimum Gasteiger partial charge on any atom is -0.338 e. The highest BCUT2D eigenvalue weighted by atomic mass is 16.2. The van der Waals surface area contributed by atoms with Gasteiger partial charge in [0.05, 0.1) is 0 Å². The van der Waals surface area contributed by atoms with Crippen molar-refractivity contribution in [3.05, 3.63) is 0 Å². The largest absolute Gasteiger partial charge is 0.338 e. The normalized spacial score (nSPS) is 10.5. The number of carbonyl (C=O) groups is 1. The molecule has 2 N–H and O–H groups in total. The number of nitrogens with one attached hydrogen (secondary N) is 2. The molecule has 0 saturated carbocycles. The summed E-state index contributed by atoms with van der Waals surface area (Å²) < 4.78 is 0. The fraction of sp³-hybridized carbons (Fsp3) is 0.909. The molecule has 0 saturated heterocycles. The monoisotopic (exact) mass is 215 g/mol. The first-order valence-corrected chi connectivity index (χ1v) is 5.82. The zero-order valence-electron chi connectivity index (χ0n) is 10.5. The standard InChI is InChI=1S/C11H25N3O/c1-5-6-7-13-11(15)14(10(2)3)9-8-12-4/h10,12H,5-9H2,1-4H3,(H,13,15). The molecule has 0 aromatic rings. The SMILES string of the molecule is CCCCNC(=O)N(CCNC)C(C)C. The lowest BCUT2D eigenvalue weighted by atomic mass is 10.3. The highest BCUT2D eigenvalue weighted by molar-refractivity contribution is 5.74. The third kappa shape index (κ3) is 6.33. The molecule has 0 rings (SSSR count). The van der Waals surface area contributed by atoms with Crippen LogP contribution in [0.1, 0.15) is 33.6 Å². The minimum absolute atomic E-state index is 0.0497. The van der Waals surface area contributed by atoms with Crippen molar-refractivity contribution in [3.8, 4) is 0 Å². The second kappa shape index (κ2) is 8.53. The highest BCUT2D eigenvalue weighted by Crippen LogP contribution is 1.98. The van der Waals surface area contributed by atoms with Gasteiger partial charge in [0.2, 0.25) is 0 Å². The molecule has 4 nitrogen and oxygen atoms in total. The molecule has 0 bridgehead atoms. The maximum Gasteiger partial charge on any atom is 0.317 e. The summed E-state index contributed by atoms with van der Waals surface area (Å²) in [5.74, 6) is 0. The molecule has 2 amide bonds. The van der Waals surface area contributed by atoms with E-state index in [0.717, 1.165) is 32.5 Å². The van der Waals surface area contributed by atoms with E-state index in [1.165, 1.54) is 0 Å². The van der Waals surface area contributed by atoms with Crippen LogP contribution in [0.3, 0.4) is 0 Å². The van der Waals surface area contributed by atoms with E-state index < -0.39 is 0 Å². The van der Waals surface area contributed by atoms with Gasteiger partial charge in [-0.1, -0.05) is 13.3 Å². The van der Waals surface area contributed by atoms with Crippen LogP contribution in [0.15, 0.2) is 0 Å². The van der Waals surface area contributed by atoms with Crippen LogP contribution in [0, 0.1) is 0 Å². The molecular weight excluding hydrogens is 190 g/mol. The Labute approximate surface area is 93.4 Å². The Balaban J connectivity index is 3.93. The third-order valence-electron chi connectivity index (χ3n) is 2.29. The molecule has 0 aromatic carbocycles. The Morgan fingerprint density at radius 3 is 2.47 bits per heavy atom. The van der Waals surface area contributed by atoms with Crippen molar-refractivity contribution in [2.45, 2.75) is 39.7 Å². The smallest absolute Gasteiger partial charge is 0.317 e. The topological polar surface area (TPSA) is 44.4 Å². The molecule has 0 aliphatic rings. The second-order valence-corrected chi connectivity index (χ2v) is 3.98. The number of likely N-dealkylation sites (N-methyl/N-ethyl adjacent to an activating group) is 1. The number of urea groups is 1. The predicted molar refractivity (Wildman–Crippen MR) is 64.1 cm³/mol. The lowest BCUT2D eigenvalue weighted by Gasteiger charge is -2.26. The summed E-state index contributed by atoms with van der Waals surface area (Å²) in [6.45, 7) is 8.56. The zero-order valence-corrected chi connectivity index (χ0v) is 10.5. The van der Waals surface area contributed by atoms with Crippen molar-refractivity contribution >= 4 is 6.03 Å². The molecule has 0 spiro atoms. The molecule has 15 heavy (non-hydrogen) atoms. The van der Waals surface area contributed by atoms with Gasteiger partial charge in [0.1, 0.15) is 0 Å². The van der Waals surface area contributed by atoms with Gasteiger partial charge in [-0.3, -0.25) is 0 Å². The van der Waals surface area contributed by atoms with E-state index in [2.05, 4.69) is 17.6 Å². The average molecular weight is 215 g/mol. The number of carbonyl (C=O) groups excluding carboxylic acids is 1. The van der Waals surface area contributed by atoms with E-state index >= 15 is 0 Å². The van der Waals surface area contributed by atoms with E-state index in [9.17, 15) is 4.79 Å². The Morgan fingerprint density at radius 2 is 2.00 bits per heavy atom. The molecule has 0 radical (unpaired) electrons. The number of rotatable bonds is 7. The van der Waals surface area contributed by atoms with Gasteiger partial charge in [0, 0.05) is 25.7 Å². The summed E-state index contributed by atoms with van der Waals surface area (Å²) in [5, 5.41) is 5.99. The van der Waals surface area contributed by atoms with Gasteiger partial charge in [-0.2, -0.15) is 0 Å². The Bertz CT molecular complexity index is 171. The first kappa shape index (κ1) is 14.2. The number of unbranched alkanes of at least 4 members (excludes halogenated alkanes) is 1. The fourth-order valence-electron chi connectivity index (χ4n) is 1.30. The molecule has 4 heteroatoms. The average Bonchev–Trinajstić information content (AvgIpc) is 2.18. The van der Waals surface area contributed by atoms with Crippen molar-refractivity contribution in [2.24, 2.45) is 0 Å². The van der Waals surface area contributed by atoms with Crippen molar-refractivity contribution in [3.63, 3.8) is 0 Å². The number of hydrogen-bond donors (Lipinski definition) is 2. The Kier molecular flexibility index (Phi) is 8.09. The van der Waals surface area contributed by atoms with Gasteiger partial charge in [-0.25, -0.2) is 4.79 Å². The molecule has 0 aromatic heterocycles. The first-order valence-electron chi connectivity index (χ1n) is 5.82. The van der Waals surface area contributed by atoms with Crippen molar-refractivity contribution in [1.82, 2.24) is 15.5 Å². The summed E-state index contributed by atoms with van der Waals surface area (Å²) in [6, 6.07) is 0.300. The summed E-state index contributed by atoms with van der Waals surface area (Å²) in [7, 11) is 1.90. The molecule has 90 valence electrons. The molecule has 0 fully saturated rings. The molecule has 0 heterocycles. The van der Waals surface area contributed by atoms with Crippen LogP contribution in [0.2, 0.25) is 0 Å². The van der Waals surface area contributed by atoms with Gasteiger partial charge in [0.25, 0.3) is 0 Å². The van der Waals surface area contributed by atoms with E-state index in [0.29, 0.717) is 0 Å². The van der Waals surface area contributed by atoms with E-state index in [4.69, 9.17) is 0 Å². The summed E-state index contributed by atoms with van der Waals surface area (Å²) in [5.41, 5.74) is 0. The lowest BCUT2D eigenvalue weighted by molar-refractivity contribution is 0.184. The zero-order chi connectivity index (χ0) is 11.7. The summed E-state index contributed by atoms with van der Waals surface area (Å²) in [6.07, 6.45) is 2.15. The van der Waals surface area contributed by atoms with E-state index in [-0.39, 0.29) is 12.1 Å². The number of hydrogen-bond acceptors (Lipinski definition) is 2. The van der Waals surface area contributed by atoms with Gasteiger partial charge >= 0.3 is 6.03 Å². The minimum atomic E-state index is 0.0497. The maximum absolute atomic E-state index is 11.8. The van der Waals surface area contributed by atoms with E-state index in [1.807, 2.05) is 25.8 Å². The lowest BCUT2D eigenvalue weighted by Crippen LogP contribution is -2.46. The van der Waals surface area contributed by atoms with Crippen LogP contribution in [0.5, 0.6) is 0 Å². The van der Waals surface area contributed by atoms with Crippen LogP contribution in [0.4, 0.5) is 4.79 Å². The summed E-state index contributed by atoms with van der Waals surface area (Å²) >= 11 is 0. The fourth-order valence-corrected chi connectivity index (χ4v) is 1.30. The van der Waals surface area contributed by atoms with Crippen LogP contribution in [-0.4, -0.2) is 43.7 Å². The molecule has 0 unspecified atom stereocenters. The second-order valence-electron chi connectivity index (χ2n) is 3.98. The van der Waals surface area contributed by atoms with Crippen molar-refractivity contribution < 1.29 is 4.79 Å². The third-order valence-corrected chi connectivity index (χ3v) is 2.29. The quantitative estimate of drug-likeness (QED) is 0.631. The molecule has 0 aliphatic heterocycles. The number of amides is 2. The van der Waals surface area contributed by atoms with Crippen LogP contribution >= 0.6 is 0 Å². The van der Waals surface area contributed by atoms with E-state index in [1.54, 1.807) is 0 Å². The number of nitrogens with zero attached hydrogens (tertiary/aromatic N) is 1. The highest BCUT2D eigenvalue weighted by Gasteiger charge is 2.14. The first-order chi connectivity index (χ1) is 7.13. The van der Waals surface area contributed by atoms with Crippen molar-refractivity contribution in [2.75, 3.05) is 26.7 Å². The molecular formula is C11H25N3O. The van der Waals surface area contributed by atoms with Gasteiger partial charge < -0.3 is 15.5 Å². The van der Waals surface area contributed by atoms with Gasteiger partial charge in [-0.15, -0.1) is 0 Å². The Morgan fingerprint density at radius 1 is 1.33 bits per heavy atom. The van der Waals surface area contributed by atoms with Crippen LogP contribution < -0.4 is 10.6 Å². The Hall–Kier alpha value is -0.770. The maximum atomic E-state index is 11.8. The summed E-state index contributed by atoms with van der Waals surface area (Å²) in [4.78, 5) is 13.6. The predicted octanol–water partition coefficient (Wildman–Crippen LogP) is 1.43. The van der Waals surface area contributed by atoms with Crippen molar-refractivity contribution in [1.29, 1.82) is 0 Å². The van der Waals surface area contributed by atoms with Crippen LogP contribution in [-0.2, 0) is 0 Å². The van der Waals surface area contributed by atoms with Crippen LogP contribution in [0.25, 0.3) is 0 Å². The molecule has 0 atom stereocenters. The van der Waals surface area contributed by atoms with Gasteiger partial charge in [0.15, 0.2) is 0 Å². The van der Waals surface area contributed by atoms with Gasteiger partial charge in [-0.05, 0) is 27.3 Å². The molecule has 0 aliphatic carbocycles.